The number of aromatic amines is 1. The van der Waals surface area contributed by atoms with E-state index in [1.54, 1.807) is 0 Å². The molecule has 7 nitrogen and oxygen atoms in total. The van der Waals surface area contributed by atoms with E-state index in [4.69, 9.17) is 0 Å². The second-order valence-corrected chi connectivity index (χ2v) is 9.39. The van der Waals surface area contributed by atoms with Crippen molar-refractivity contribution < 1.29 is 0 Å². The van der Waals surface area contributed by atoms with E-state index in [0.29, 0.717) is 11.6 Å². The molecule has 6 rings (SSSR count). The molecule has 0 bridgehead atoms. The van der Waals surface area contributed by atoms with Crippen LogP contribution < -0.4 is 10.5 Å². The quantitative estimate of drug-likeness (QED) is 0.506. The Kier molecular flexibility index (Phi) is 4.97. The third kappa shape index (κ3) is 3.52. The molecule has 1 N–H and O–H groups in total. The predicted molar refractivity (Wildman–Crippen MR) is 129 cm³/mol. The molecule has 4 aromatic rings. The highest BCUT2D eigenvalue weighted by Crippen LogP contribution is 2.38. The van der Waals surface area contributed by atoms with Gasteiger partial charge in [-0.25, -0.2) is 4.68 Å². The van der Waals surface area contributed by atoms with E-state index in [9.17, 15) is 4.79 Å². The van der Waals surface area contributed by atoms with Crippen LogP contribution in [0.5, 0.6) is 0 Å². The number of para-hydroxylation sites is 1. The topological polar surface area (TPSA) is 79.7 Å². The molecule has 3 heterocycles. The van der Waals surface area contributed by atoms with Gasteiger partial charge in [-0.05, 0) is 78.2 Å². The zero-order chi connectivity index (χ0) is 22.4. The number of fused-ring (bicyclic) bond motifs is 2. The van der Waals surface area contributed by atoms with Crippen LogP contribution in [0.25, 0.3) is 10.9 Å². The third-order valence-corrected chi connectivity index (χ3v) is 7.21. The largest absolute Gasteiger partial charge is 0.357 e. The summed E-state index contributed by atoms with van der Waals surface area (Å²) >= 11 is 0. The van der Waals surface area contributed by atoms with Gasteiger partial charge in [0, 0.05) is 23.3 Å². The van der Waals surface area contributed by atoms with Crippen molar-refractivity contribution in [2.75, 3.05) is 11.4 Å². The molecule has 1 atom stereocenters. The molecule has 1 aliphatic heterocycles. The Balaban J connectivity index is 1.57. The van der Waals surface area contributed by atoms with E-state index < -0.39 is 0 Å². The van der Waals surface area contributed by atoms with Gasteiger partial charge < -0.3 is 9.88 Å². The van der Waals surface area contributed by atoms with Gasteiger partial charge in [-0.3, -0.25) is 4.79 Å². The molecule has 33 heavy (non-hydrogen) atoms. The Morgan fingerprint density at radius 1 is 1.06 bits per heavy atom. The summed E-state index contributed by atoms with van der Waals surface area (Å²) in [5.74, 6) is 0.760. The van der Waals surface area contributed by atoms with Gasteiger partial charge in [-0.1, -0.05) is 42.7 Å². The minimum absolute atomic E-state index is 0.0830. The fourth-order valence-corrected chi connectivity index (χ4v) is 5.61. The number of nitrogens with zero attached hydrogens (tertiary/aromatic N) is 5. The van der Waals surface area contributed by atoms with Gasteiger partial charge in [0.2, 0.25) is 0 Å². The van der Waals surface area contributed by atoms with Gasteiger partial charge in [0.15, 0.2) is 5.82 Å². The molecule has 168 valence electrons. The lowest BCUT2D eigenvalue weighted by atomic mass is 9.96. The van der Waals surface area contributed by atoms with Gasteiger partial charge in [-0.2, -0.15) is 0 Å². The van der Waals surface area contributed by atoms with Crippen LogP contribution in [0, 0.1) is 6.92 Å². The van der Waals surface area contributed by atoms with Crippen molar-refractivity contribution in [2.24, 2.45) is 0 Å². The average molecular weight is 441 g/mol. The molecule has 0 unspecified atom stereocenters. The molecule has 1 saturated carbocycles. The van der Waals surface area contributed by atoms with Gasteiger partial charge in [0.05, 0.1) is 6.04 Å². The Bertz CT molecular complexity index is 1370. The second kappa shape index (κ2) is 8.14. The Morgan fingerprint density at radius 3 is 2.79 bits per heavy atom. The minimum atomic E-state index is -0.351. The predicted octanol–water partition coefficient (Wildman–Crippen LogP) is 4.48. The zero-order valence-corrected chi connectivity index (χ0v) is 18.9. The van der Waals surface area contributed by atoms with Gasteiger partial charge in [0.25, 0.3) is 5.56 Å². The molecule has 1 aliphatic carbocycles. The fourth-order valence-electron chi connectivity index (χ4n) is 5.61. The number of aryl methyl sites for hydroxylation is 2. The van der Waals surface area contributed by atoms with Crippen LogP contribution in [0.3, 0.4) is 0 Å². The van der Waals surface area contributed by atoms with Crippen molar-refractivity contribution in [3.63, 3.8) is 0 Å². The van der Waals surface area contributed by atoms with E-state index in [1.807, 2.05) is 22.9 Å². The molecule has 0 radical (unpaired) electrons. The van der Waals surface area contributed by atoms with Crippen LogP contribution in [-0.4, -0.2) is 31.7 Å². The summed E-state index contributed by atoms with van der Waals surface area (Å²) in [5, 5.41) is 14.1. The maximum absolute atomic E-state index is 13.5. The Hall–Kier alpha value is -3.48. The first-order chi connectivity index (χ1) is 16.2. The van der Waals surface area contributed by atoms with Crippen molar-refractivity contribution >= 4 is 16.6 Å². The number of aromatic nitrogens is 5. The molecule has 2 aromatic heterocycles. The summed E-state index contributed by atoms with van der Waals surface area (Å²) in [5.41, 5.74) is 5.10. The number of anilines is 1. The number of pyridine rings is 1. The lowest BCUT2D eigenvalue weighted by Gasteiger charge is -2.37. The Labute approximate surface area is 192 Å². The van der Waals surface area contributed by atoms with E-state index in [0.717, 1.165) is 54.5 Å². The van der Waals surface area contributed by atoms with Crippen molar-refractivity contribution in [2.45, 2.75) is 57.5 Å². The summed E-state index contributed by atoms with van der Waals surface area (Å²) in [6.07, 6.45) is 6.61. The highest BCUT2D eigenvalue weighted by molar-refractivity contribution is 5.80. The zero-order valence-electron chi connectivity index (χ0n) is 18.9. The molecule has 1 fully saturated rings. The summed E-state index contributed by atoms with van der Waals surface area (Å²) in [6, 6.07) is 16.6. The van der Waals surface area contributed by atoms with E-state index in [-0.39, 0.29) is 11.6 Å². The first kappa shape index (κ1) is 20.1. The normalized spacial score (nSPS) is 17.4. The van der Waals surface area contributed by atoms with Crippen molar-refractivity contribution in [1.82, 2.24) is 25.2 Å². The number of rotatable bonds is 4. The average Bonchev–Trinajstić information content (AvgIpc) is 3.52. The highest BCUT2D eigenvalue weighted by atomic mass is 16.1. The van der Waals surface area contributed by atoms with E-state index in [1.165, 1.54) is 24.1 Å². The van der Waals surface area contributed by atoms with Crippen molar-refractivity contribution in [3.8, 4) is 0 Å². The van der Waals surface area contributed by atoms with Crippen LogP contribution in [-0.2, 0) is 6.42 Å². The number of hydrogen-bond acceptors (Lipinski definition) is 5. The lowest BCUT2D eigenvalue weighted by molar-refractivity contribution is 0.425. The van der Waals surface area contributed by atoms with Crippen LogP contribution in [0.15, 0.2) is 53.3 Å². The second-order valence-electron chi connectivity index (χ2n) is 9.39. The first-order valence-corrected chi connectivity index (χ1v) is 11.9. The molecule has 0 saturated heterocycles. The summed E-state index contributed by atoms with van der Waals surface area (Å²) in [6.45, 7) is 2.92. The summed E-state index contributed by atoms with van der Waals surface area (Å²) in [4.78, 5) is 18.9. The molecule has 2 aromatic carbocycles. The minimum Gasteiger partial charge on any atom is -0.357 e. The monoisotopic (exact) mass is 440 g/mol. The standard InChI is InChI=1S/C26H28N6O/c1-17-12-13-22-19(15-17)16-21(26(33)27-22)24(25-28-29-30-32(25)20-9-3-4-10-20)31-14-6-8-18-7-2-5-11-23(18)31/h2,5,7,11-13,15-16,20,24H,3-4,6,8-10,14H2,1H3,(H,27,33)/t24-/m1/s1. The number of tetrazole rings is 1. The number of nitrogens with one attached hydrogen (secondary N) is 1. The van der Waals surface area contributed by atoms with Crippen LogP contribution in [0.2, 0.25) is 0 Å². The number of hydrogen-bond donors (Lipinski definition) is 1. The third-order valence-electron chi connectivity index (χ3n) is 7.21. The maximum Gasteiger partial charge on any atom is 0.254 e. The molecule has 0 amide bonds. The maximum atomic E-state index is 13.5. The van der Waals surface area contributed by atoms with Gasteiger partial charge >= 0.3 is 0 Å². The van der Waals surface area contributed by atoms with Gasteiger partial charge in [-0.15, -0.1) is 5.10 Å². The van der Waals surface area contributed by atoms with Crippen molar-refractivity contribution in [1.29, 1.82) is 0 Å². The van der Waals surface area contributed by atoms with Crippen LogP contribution in [0.4, 0.5) is 5.69 Å². The lowest BCUT2D eigenvalue weighted by Crippen LogP contribution is -2.38. The summed E-state index contributed by atoms with van der Waals surface area (Å²) in [7, 11) is 0. The molecule has 0 spiro atoms. The van der Waals surface area contributed by atoms with Crippen molar-refractivity contribution in [3.05, 3.63) is 81.4 Å². The molecular weight excluding hydrogens is 412 g/mol. The first-order valence-electron chi connectivity index (χ1n) is 11.9. The van der Waals surface area contributed by atoms with Gasteiger partial charge in [0.1, 0.15) is 6.04 Å². The van der Waals surface area contributed by atoms with Crippen LogP contribution in [0.1, 0.15) is 66.7 Å². The highest BCUT2D eigenvalue weighted by Gasteiger charge is 2.35. The number of benzene rings is 2. The fraction of sp³-hybridized carbons (Fsp3) is 0.385. The van der Waals surface area contributed by atoms with E-state index in [2.05, 4.69) is 62.7 Å². The summed E-state index contributed by atoms with van der Waals surface area (Å²) < 4.78 is 1.99. The molecule has 7 heteroatoms. The van der Waals surface area contributed by atoms with Crippen LogP contribution >= 0.6 is 0 Å². The molecular formula is C26H28N6O. The van der Waals surface area contributed by atoms with E-state index >= 15 is 0 Å². The molecule has 2 aliphatic rings. The Morgan fingerprint density at radius 2 is 1.91 bits per heavy atom. The smallest absolute Gasteiger partial charge is 0.254 e. The number of H-pyrrole nitrogens is 1. The SMILES string of the molecule is Cc1ccc2[nH]c(=O)c([C@H](c3nnnn3C3CCCC3)N3CCCc4ccccc43)cc2c1.